The van der Waals surface area contributed by atoms with Gasteiger partial charge in [0.2, 0.25) is 0 Å². The largest absolute Gasteiger partial charge is 0.374 e. The van der Waals surface area contributed by atoms with Gasteiger partial charge in [-0.15, -0.1) is 0 Å². The number of nitrogens with one attached hydrogen (secondary N) is 1. The van der Waals surface area contributed by atoms with E-state index in [1.165, 1.54) is 44.9 Å². The first-order chi connectivity index (χ1) is 8.26. The minimum Gasteiger partial charge on any atom is -0.374 e. The highest BCUT2D eigenvalue weighted by atomic mass is 16.5. The van der Waals surface area contributed by atoms with Crippen LogP contribution in [0, 0.1) is 17.8 Å². The molecular weight excluding hydrogens is 210 g/mol. The molecule has 1 aliphatic heterocycles. The highest BCUT2D eigenvalue weighted by Gasteiger charge is 2.41. The number of likely N-dealkylation sites (N-methyl/N-ethyl adjacent to an activating group) is 1. The summed E-state index contributed by atoms with van der Waals surface area (Å²) in [6, 6.07) is 0.601. The van der Waals surface area contributed by atoms with Gasteiger partial charge in [0.25, 0.3) is 0 Å². The Labute approximate surface area is 105 Å². The number of fused-ring (bicyclic) bond motifs is 2. The summed E-state index contributed by atoms with van der Waals surface area (Å²) in [7, 11) is 2.12. The van der Waals surface area contributed by atoms with Crippen molar-refractivity contribution in [2.75, 3.05) is 7.05 Å². The Bertz CT molecular complexity index is 268. The Hall–Kier alpha value is -0.0800. The third-order valence-electron chi connectivity index (χ3n) is 5.53. The van der Waals surface area contributed by atoms with Crippen molar-refractivity contribution in [1.82, 2.24) is 5.32 Å². The van der Waals surface area contributed by atoms with Gasteiger partial charge in [-0.2, -0.15) is 0 Å². The van der Waals surface area contributed by atoms with Gasteiger partial charge in [-0.25, -0.2) is 0 Å². The molecule has 2 heteroatoms. The van der Waals surface area contributed by atoms with Gasteiger partial charge in [-0.05, 0) is 70.3 Å². The fourth-order valence-corrected chi connectivity index (χ4v) is 4.58. The monoisotopic (exact) mass is 237 g/mol. The number of hydrogen-bond acceptors (Lipinski definition) is 2. The molecule has 1 heterocycles. The maximum absolute atomic E-state index is 6.04. The summed E-state index contributed by atoms with van der Waals surface area (Å²) in [6.07, 6.45) is 10.9. The summed E-state index contributed by atoms with van der Waals surface area (Å²) in [4.78, 5) is 0. The second kappa shape index (κ2) is 4.89. The Morgan fingerprint density at radius 2 is 2.06 bits per heavy atom. The van der Waals surface area contributed by atoms with Crippen LogP contribution in [-0.2, 0) is 4.74 Å². The Morgan fingerprint density at radius 3 is 2.59 bits per heavy atom. The zero-order valence-corrected chi connectivity index (χ0v) is 11.3. The SMILES string of the molecule is CNC(CC1CC2CCC1C2)C1CCC(C)O1. The second-order valence-corrected chi connectivity index (χ2v) is 6.63. The lowest BCUT2D eigenvalue weighted by Crippen LogP contribution is -2.40. The Balaban J connectivity index is 1.55. The summed E-state index contributed by atoms with van der Waals surface area (Å²) in [5, 5.41) is 3.53. The predicted octanol–water partition coefficient (Wildman–Crippen LogP) is 2.97. The molecule has 2 aliphatic carbocycles. The molecule has 0 aromatic carbocycles. The first-order valence-electron chi connectivity index (χ1n) is 7.59. The van der Waals surface area contributed by atoms with Crippen LogP contribution in [0.3, 0.4) is 0 Å². The average molecular weight is 237 g/mol. The summed E-state index contributed by atoms with van der Waals surface area (Å²) in [5.74, 6) is 3.12. The van der Waals surface area contributed by atoms with Crippen molar-refractivity contribution < 1.29 is 4.74 Å². The van der Waals surface area contributed by atoms with E-state index >= 15 is 0 Å². The first kappa shape index (κ1) is 12.0. The fraction of sp³-hybridized carbons (Fsp3) is 1.00. The molecule has 98 valence electrons. The van der Waals surface area contributed by atoms with E-state index < -0.39 is 0 Å². The smallest absolute Gasteiger partial charge is 0.0732 e. The molecule has 0 radical (unpaired) electrons. The molecule has 3 aliphatic rings. The van der Waals surface area contributed by atoms with E-state index in [-0.39, 0.29) is 0 Å². The molecule has 1 saturated heterocycles. The van der Waals surface area contributed by atoms with Gasteiger partial charge in [0.15, 0.2) is 0 Å². The zero-order valence-electron chi connectivity index (χ0n) is 11.3. The number of hydrogen-bond donors (Lipinski definition) is 1. The molecule has 3 fully saturated rings. The van der Waals surface area contributed by atoms with Crippen LogP contribution in [-0.4, -0.2) is 25.3 Å². The summed E-state index contributed by atoms with van der Waals surface area (Å²) in [5.41, 5.74) is 0. The lowest BCUT2D eigenvalue weighted by molar-refractivity contribution is 0.0257. The van der Waals surface area contributed by atoms with E-state index in [1.807, 2.05) is 0 Å². The van der Waals surface area contributed by atoms with E-state index in [2.05, 4.69) is 19.3 Å². The van der Waals surface area contributed by atoms with E-state index in [9.17, 15) is 0 Å². The van der Waals surface area contributed by atoms with Crippen molar-refractivity contribution in [2.45, 2.75) is 70.1 Å². The average Bonchev–Trinajstić information content (AvgIpc) is 3.01. The van der Waals surface area contributed by atoms with Gasteiger partial charge >= 0.3 is 0 Å². The molecule has 17 heavy (non-hydrogen) atoms. The third kappa shape index (κ3) is 2.39. The lowest BCUT2D eigenvalue weighted by atomic mass is 9.83. The molecular formula is C15H27NO. The molecule has 2 bridgehead atoms. The molecule has 0 aromatic heterocycles. The minimum absolute atomic E-state index is 0.481. The van der Waals surface area contributed by atoms with Gasteiger partial charge < -0.3 is 10.1 Å². The van der Waals surface area contributed by atoms with Crippen LogP contribution < -0.4 is 5.32 Å². The molecule has 0 amide bonds. The van der Waals surface area contributed by atoms with E-state index in [0.29, 0.717) is 18.2 Å². The summed E-state index contributed by atoms with van der Waals surface area (Å²) in [6.45, 7) is 2.21. The number of ether oxygens (including phenoxy) is 1. The van der Waals surface area contributed by atoms with E-state index in [4.69, 9.17) is 4.74 Å². The summed E-state index contributed by atoms with van der Waals surface area (Å²) >= 11 is 0. The molecule has 3 rings (SSSR count). The van der Waals surface area contributed by atoms with Crippen LogP contribution in [0.1, 0.15) is 51.9 Å². The van der Waals surface area contributed by atoms with Crippen LogP contribution in [0.4, 0.5) is 0 Å². The lowest BCUT2D eigenvalue weighted by Gasteiger charge is -2.29. The van der Waals surface area contributed by atoms with Crippen molar-refractivity contribution in [3.05, 3.63) is 0 Å². The van der Waals surface area contributed by atoms with E-state index in [0.717, 1.165) is 17.8 Å². The van der Waals surface area contributed by atoms with E-state index in [1.54, 1.807) is 0 Å². The maximum atomic E-state index is 6.04. The maximum Gasteiger partial charge on any atom is 0.0732 e. The molecule has 0 aromatic rings. The molecule has 1 N–H and O–H groups in total. The normalized spacial score (nSPS) is 46.6. The van der Waals surface area contributed by atoms with Crippen LogP contribution in [0.2, 0.25) is 0 Å². The van der Waals surface area contributed by atoms with Crippen LogP contribution in [0.5, 0.6) is 0 Å². The molecule has 6 unspecified atom stereocenters. The van der Waals surface area contributed by atoms with Gasteiger partial charge in [-0.1, -0.05) is 6.42 Å². The van der Waals surface area contributed by atoms with Gasteiger partial charge in [-0.3, -0.25) is 0 Å². The van der Waals surface area contributed by atoms with Crippen molar-refractivity contribution in [1.29, 1.82) is 0 Å². The van der Waals surface area contributed by atoms with Gasteiger partial charge in [0.1, 0.15) is 0 Å². The standard InChI is InChI=1S/C15H27NO/c1-10-3-6-15(17-10)14(16-2)9-13-8-11-4-5-12(13)7-11/h10-16H,3-9H2,1-2H3. The molecule has 2 nitrogen and oxygen atoms in total. The van der Waals surface area contributed by atoms with Gasteiger partial charge in [0, 0.05) is 6.04 Å². The van der Waals surface area contributed by atoms with Crippen LogP contribution >= 0.6 is 0 Å². The molecule has 0 spiro atoms. The van der Waals surface area contributed by atoms with Crippen molar-refractivity contribution in [3.8, 4) is 0 Å². The Kier molecular flexibility index (Phi) is 3.45. The first-order valence-corrected chi connectivity index (χ1v) is 7.59. The highest BCUT2D eigenvalue weighted by Crippen LogP contribution is 2.50. The van der Waals surface area contributed by atoms with Crippen LogP contribution in [0.25, 0.3) is 0 Å². The predicted molar refractivity (Wildman–Crippen MR) is 70.0 cm³/mol. The van der Waals surface area contributed by atoms with Crippen molar-refractivity contribution in [2.24, 2.45) is 17.8 Å². The minimum atomic E-state index is 0.481. The van der Waals surface area contributed by atoms with Crippen molar-refractivity contribution >= 4 is 0 Å². The van der Waals surface area contributed by atoms with Crippen LogP contribution in [0.15, 0.2) is 0 Å². The highest BCUT2D eigenvalue weighted by molar-refractivity contribution is 4.93. The fourth-order valence-electron chi connectivity index (χ4n) is 4.58. The zero-order chi connectivity index (χ0) is 11.8. The Morgan fingerprint density at radius 1 is 1.18 bits per heavy atom. The molecule has 6 atom stereocenters. The topological polar surface area (TPSA) is 21.3 Å². The molecule has 2 saturated carbocycles. The van der Waals surface area contributed by atoms with Gasteiger partial charge in [0.05, 0.1) is 12.2 Å². The number of rotatable bonds is 4. The second-order valence-electron chi connectivity index (χ2n) is 6.63. The summed E-state index contributed by atoms with van der Waals surface area (Å²) < 4.78 is 6.04. The van der Waals surface area contributed by atoms with Crippen molar-refractivity contribution in [3.63, 3.8) is 0 Å². The quantitative estimate of drug-likeness (QED) is 0.811. The third-order valence-corrected chi connectivity index (χ3v) is 5.53.